The fourth-order valence-electron chi connectivity index (χ4n) is 2.94. The van der Waals surface area contributed by atoms with Gasteiger partial charge in [0.05, 0.1) is 4.91 Å². The van der Waals surface area contributed by atoms with Crippen LogP contribution in [0.3, 0.4) is 0 Å². The second kappa shape index (κ2) is 9.69. The van der Waals surface area contributed by atoms with E-state index in [2.05, 4.69) is 20.7 Å². The lowest BCUT2D eigenvalue weighted by Gasteiger charge is -2.12. The second-order valence-electron chi connectivity index (χ2n) is 6.86. The molecule has 1 aromatic heterocycles. The lowest BCUT2D eigenvalue weighted by molar-refractivity contribution is -0.124. The Morgan fingerprint density at radius 2 is 1.85 bits per heavy atom. The lowest BCUT2D eigenvalue weighted by atomic mass is 10.2. The van der Waals surface area contributed by atoms with Gasteiger partial charge in [-0.1, -0.05) is 18.2 Å². The molecule has 12 heteroatoms. The molecule has 4 rings (SSSR count). The largest absolute Gasteiger partial charge is 0.353 e. The minimum Gasteiger partial charge on any atom is -0.353 e. The molecule has 1 saturated heterocycles. The molecule has 3 amide bonds. The summed E-state index contributed by atoms with van der Waals surface area (Å²) < 4.78 is 26.8. The highest BCUT2D eigenvalue weighted by Crippen LogP contribution is 2.32. The number of imide groups is 1. The van der Waals surface area contributed by atoms with Crippen LogP contribution in [0.2, 0.25) is 0 Å². The number of carbonyl (C=O) groups is 3. The topological polar surface area (TPSA) is 110 Å². The fourth-order valence-corrected chi connectivity index (χ4v) is 3.80. The monoisotopic (exact) mass is 470 g/mol. The first-order valence-corrected chi connectivity index (χ1v) is 10.5. The summed E-state index contributed by atoms with van der Waals surface area (Å²) in [5.74, 6) is -1.66. The van der Waals surface area contributed by atoms with Gasteiger partial charge in [-0.25, -0.2) is 8.78 Å². The molecule has 1 fully saturated rings. The van der Waals surface area contributed by atoms with Crippen LogP contribution >= 0.6 is 11.8 Å². The molecule has 2 heterocycles. The predicted molar refractivity (Wildman–Crippen MR) is 115 cm³/mol. The summed E-state index contributed by atoms with van der Waals surface area (Å²) in [6, 6.07) is 11.4. The van der Waals surface area contributed by atoms with Crippen molar-refractivity contribution in [3.8, 4) is 11.4 Å². The zero-order valence-corrected chi connectivity index (χ0v) is 17.8. The van der Waals surface area contributed by atoms with Crippen molar-refractivity contribution in [3.05, 3.63) is 70.6 Å². The first-order chi connectivity index (χ1) is 15.9. The van der Waals surface area contributed by atoms with E-state index < -0.39 is 28.7 Å². The number of hydrogen-bond acceptors (Lipinski definition) is 7. The van der Waals surface area contributed by atoms with Crippen molar-refractivity contribution in [1.29, 1.82) is 0 Å². The molecule has 2 aromatic carbocycles. The molecular formula is C21H16F2N6O3S. The maximum atomic E-state index is 13.8. The molecule has 1 aliphatic heterocycles. The fraction of sp³-hybridized carbons (Fsp3) is 0.143. The number of nitrogens with one attached hydrogen (secondary N) is 1. The summed E-state index contributed by atoms with van der Waals surface area (Å²) in [5.41, 5.74) is 0.752. The molecule has 0 bridgehead atoms. The molecule has 0 spiro atoms. The normalized spacial score (nSPS) is 14.8. The van der Waals surface area contributed by atoms with E-state index in [4.69, 9.17) is 0 Å². The summed E-state index contributed by atoms with van der Waals surface area (Å²) in [4.78, 5) is 39.0. The molecule has 0 unspecified atom stereocenters. The first-order valence-electron chi connectivity index (χ1n) is 9.71. The first kappa shape index (κ1) is 22.3. The highest BCUT2D eigenvalue weighted by molar-refractivity contribution is 8.18. The number of thioether (sulfide) groups is 1. The SMILES string of the molecule is O=C(Cn1nnc(-c2ccc(F)cc2)n1)NCCN1C(=O)S/C(=C\c2ccccc2F)C1=O. The van der Waals surface area contributed by atoms with Crippen LogP contribution in [0.15, 0.2) is 53.4 Å². The summed E-state index contributed by atoms with van der Waals surface area (Å²) in [6.45, 7) is -0.261. The van der Waals surface area contributed by atoms with Gasteiger partial charge >= 0.3 is 0 Å². The summed E-state index contributed by atoms with van der Waals surface area (Å²) in [7, 11) is 0. The smallest absolute Gasteiger partial charge is 0.293 e. The van der Waals surface area contributed by atoms with Crippen molar-refractivity contribution in [2.75, 3.05) is 13.1 Å². The molecule has 0 saturated carbocycles. The number of amides is 3. The van der Waals surface area contributed by atoms with E-state index >= 15 is 0 Å². The van der Waals surface area contributed by atoms with Gasteiger partial charge in [0.2, 0.25) is 11.7 Å². The molecule has 1 aliphatic rings. The van der Waals surface area contributed by atoms with E-state index in [0.29, 0.717) is 17.3 Å². The molecule has 33 heavy (non-hydrogen) atoms. The van der Waals surface area contributed by atoms with Crippen molar-refractivity contribution in [2.45, 2.75) is 6.54 Å². The van der Waals surface area contributed by atoms with Crippen molar-refractivity contribution in [2.24, 2.45) is 0 Å². The number of nitrogens with zero attached hydrogens (tertiary/aromatic N) is 5. The molecule has 0 radical (unpaired) electrons. The number of halogens is 2. The van der Waals surface area contributed by atoms with Crippen LogP contribution in [0.1, 0.15) is 5.56 Å². The lowest BCUT2D eigenvalue weighted by Crippen LogP contribution is -2.38. The Morgan fingerprint density at radius 3 is 2.61 bits per heavy atom. The standard InChI is InChI=1S/C21H16F2N6O3S/c22-15-7-5-13(6-8-15)19-25-27-29(26-19)12-18(30)24-9-10-28-20(31)17(33-21(28)32)11-14-3-1-2-4-16(14)23/h1-8,11H,9-10,12H2,(H,24,30)/b17-11-. The molecule has 0 aliphatic carbocycles. The van der Waals surface area contributed by atoms with Crippen LogP contribution in [0, 0.1) is 11.6 Å². The molecule has 1 N–H and O–H groups in total. The van der Waals surface area contributed by atoms with Crippen LogP contribution in [0.25, 0.3) is 17.5 Å². The second-order valence-corrected chi connectivity index (χ2v) is 7.85. The Kier molecular flexibility index (Phi) is 6.54. The maximum absolute atomic E-state index is 13.8. The molecule has 168 valence electrons. The Bertz CT molecular complexity index is 1240. The van der Waals surface area contributed by atoms with Crippen LogP contribution < -0.4 is 5.32 Å². The molecule has 0 atom stereocenters. The third-order valence-corrected chi connectivity index (χ3v) is 5.47. The average Bonchev–Trinajstić information content (AvgIpc) is 3.35. The van der Waals surface area contributed by atoms with Crippen molar-refractivity contribution in [3.63, 3.8) is 0 Å². The van der Waals surface area contributed by atoms with E-state index in [-0.39, 0.29) is 35.9 Å². The number of tetrazole rings is 1. The van der Waals surface area contributed by atoms with E-state index in [1.807, 2.05) is 0 Å². The number of hydrogen-bond donors (Lipinski definition) is 1. The van der Waals surface area contributed by atoms with Gasteiger partial charge in [0.1, 0.15) is 18.2 Å². The molecule has 9 nitrogen and oxygen atoms in total. The number of aromatic nitrogens is 4. The Balaban J connectivity index is 1.29. The van der Waals surface area contributed by atoms with Gasteiger partial charge < -0.3 is 5.32 Å². The third kappa shape index (κ3) is 5.29. The zero-order valence-electron chi connectivity index (χ0n) is 16.9. The van der Waals surface area contributed by atoms with Crippen LogP contribution in [-0.4, -0.2) is 55.3 Å². The quantitative estimate of drug-likeness (QED) is 0.528. The summed E-state index contributed by atoms with van der Waals surface area (Å²) in [5, 5.41) is 13.8. The zero-order chi connectivity index (χ0) is 23.4. The van der Waals surface area contributed by atoms with Crippen molar-refractivity contribution >= 4 is 34.9 Å². The predicted octanol–water partition coefficient (Wildman–Crippen LogP) is 2.47. The van der Waals surface area contributed by atoms with Gasteiger partial charge in [0.25, 0.3) is 11.1 Å². The van der Waals surface area contributed by atoms with Gasteiger partial charge in [0, 0.05) is 24.2 Å². The van der Waals surface area contributed by atoms with Gasteiger partial charge in [-0.3, -0.25) is 19.3 Å². The van der Waals surface area contributed by atoms with Crippen molar-refractivity contribution in [1.82, 2.24) is 30.4 Å². The minimum atomic E-state index is -0.551. The van der Waals surface area contributed by atoms with Crippen LogP contribution in [0.4, 0.5) is 13.6 Å². The maximum Gasteiger partial charge on any atom is 0.293 e. The van der Waals surface area contributed by atoms with Gasteiger partial charge in [-0.15, -0.1) is 10.2 Å². The summed E-state index contributed by atoms with van der Waals surface area (Å²) in [6.07, 6.45) is 1.33. The Morgan fingerprint density at radius 1 is 1.09 bits per heavy atom. The van der Waals surface area contributed by atoms with Crippen molar-refractivity contribution < 1.29 is 23.2 Å². The highest BCUT2D eigenvalue weighted by Gasteiger charge is 2.34. The van der Waals surface area contributed by atoms with Crippen LogP contribution in [0.5, 0.6) is 0 Å². The minimum absolute atomic E-state index is 0.0172. The van der Waals surface area contributed by atoms with Gasteiger partial charge in [0.15, 0.2) is 0 Å². The Labute approximate surface area is 190 Å². The highest BCUT2D eigenvalue weighted by atomic mass is 32.2. The van der Waals surface area contributed by atoms with E-state index in [1.165, 1.54) is 48.5 Å². The third-order valence-electron chi connectivity index (χ3n) is 4.56. The van der Waals surface area contributed by atoms with E-state index in [1.54, 1.807) is 6.07 Å². The van der Waals surface area contributed by atoms with Crippen LogP contribution in [-0.2, 0) is 16.1 Å². The number of rotatable bonds is 7. The van der Waals surface area contributed by atoms with E-state index in [9.17, 15) is 23.2 Å². The number of benzene rings is 2. The average molecular weight is 470 g/mol. The number of carbonyl (C=O) groups excluding carboxylic acids is 3. The molecular weight excluding hydrogens is 454 g/mol. The van der Waals surface area contributed by atoms with E-state index in [0.717, 1.165) is 9.70 Å². The Hall–Kier alpha value is -3.93. The molecule has 3 aromatic rings. The summed E-state index contributed by atoms with van der Waals surface area (Å²) >= 11 is 0.712. The van der Waals surface area contributed by atoms with Gasteiger partial charge in [-0.2, -0.15) is 4.80 Å². The van der Waals surface area contributed by atoms with Gasteiger partial charge in [-0.05, 0) is 53.4 Å².